The molecule has 2 amide bonds. The second kappa shape index (κ2) is 13.1. The van der Waals surface area contributed by atoms with Gasteiger partial charge < -0.3 is 15.4 Å². The van der Waals surface area contributed by atoms with Crippen molar-refractivity contribution < 1.29 is 19.1 Å². The Labute approximate surface area is 232 Å². The molecule has 38 heavy (non-hydrogen) atoms. The Balaban J connectivity index is 1.45. The third-order valence-electron chi connectivity index (χ3n) is 6.29. The number of amides is 2. The number of carbonyl (C=O) groups excluding carboxylic acids is 3. The maximum absolute atomic E-state index is 13.2. The van der Waals surface area contributed by atoms with E-state index in [1.54, 1.807) is 0 Å². The number of methoxy groups -OCH3 is 1. The highest BCUT2D eigenvalue weighted by Crippen LogP contribution is 2.38. The molecule has 1 aromatic heterocycles. The molecule has 0 saturated carbocycles. The Morgan fingerprint density at radius 2 is 1.89 bits per heavy atom. The zero-order chi connectivity index (χ0) is 27.1. The minimum atomic E-state index is -0.426. The Morgan fingerprint density at radius 1 is 1.11 bits per heavy atom. The van der Waals surface area contributed by atoms with Gasteiger partial charge >= 0.3 is 5.97 Å². The van der Waals surface area contributed by atoms with E-state index in [0.717, 1.165) is 47.8 Å². The average Bonchev–Trinajstić information content (AvgIpc) is 3.26. The maximum Gasteiger partial charge on any atom is 0.341 e. The number of rotatable bonds is 10. The quantitative estimate of drug-likeness (QED) is 0.239. The molecule has 9 heteroatoms. The zero-order valence-corrected chi connectivity index (χ0v) is 23.5. The van der Waals surface area contributed by atoms with E-state index >= 15 is 0 Å². The van der Waals surface area contributed by atoms with E-state index in [1.165, 1.54) is 35.8 Å². The van der Waals surface area contributed by atoms with E-state index in [1.807, 2.05) is 56.3 Å². The van der Waals surface area contributed by atoms with Crippen LogP contribution in [0.15, 0.2) is 59.5 Å². The van der Waals surface area contributed by atoms with Crippen LogP contribution in [0.25, 0.3) is 0 Å². The molecule has 4 rings (SSSR count). The van der Waals surface area contributed by atoms with Gasteiger partial charge in [0.25, 0.3) is 0 Å². The number of nitrogens with one attached hydrogen (secondary N) is 2. The van der Waals surface area contributed by atoms with Crippen molar-refractivity contribution in [3.63, 3.8) is 0 Å². The third kappa shape index (κ3) is 7.03. The van der Waals surface area contributed by atoms with Crippen molar-refractivity contribution in [2.45, 2.75) is 56.3 Å². The van der Waals surface area contributed by atoms with Crippen molar-refractivity contribution in [2.24, 2.45) is 0 Å². The van der Waals surface area contributed by atoms with Gasteiger partial charge in [0.2, 0.25) is 11.8 Å². The predicted molar refractivity (Wildman–Crippen MR) is 154 cm³/mol. The highest BCUT2D eigenvalue weighted by atomic mass is 32.2. The molecule has 0 bridgehead atoms. The van der Waals surface area contributed by atoms with E-state index in [-0.39, 0.29) is 11.8 Å². The molecular weight excluding hydrogens is 518 g/mol. The fourth-order valence-electron chi connectivity index (χ4n) is 4.41. The molecule has 1 unspecified atom stereocenters. The van der Waals surface area contributed by atoms with Crippen LogP contribution in [0.1, 0.15) is 53.1 Å². The smallest absolute Gasteiger partial charge is 0.341 e. The minimum Gasteiger partial charge on any atom is -0.465 e. The van der Waals surface area contributed by atoms with Crippen LogP contribution in [0.3, 0.4) is 0 Å². The highest BCUT2D eigenvalue weighted by molar-refractivity contribution is 8.00. The van der Waals surface area contributed by atoms with Gasteiger partial charge in [0, 0.05) is 41.5 Å². The number of fused-ring (bicyclic) bond motifs is 1. The number of thioether (sulfide) groups is 1. The second-order valence-electron chi connectivity index (χ2n) is 9.22. The largest absolute Gasteiger partial charge is 0.465 e. The van der Waals surface area contributed by atoms with E-state index in [9.17, 15) is 14.4 Å². The van der Waals surface area contributed by atoms with Gasteiger partial charge in [0.05, 0.1) is 17.9 Å². The average molecular weight is 552 g/mol. The first kappa shape index (κ1) is 27.9. The molecule has 0 saturated heterocycles. The molecule has 3 aromatic rings. The lowest BCUT2D eigenvalue weighted by atomic mass is 10.0. The summed E-state index contributed by atoms with van der Waals surface area (Å²) in [6, 6.07) is 17.8. The molecular formula is C29H33N3O4S2. The summed E-state index contributed by atoms with van der Waals surface area (Å²) in [4.78, 5) is 42.2. The van der Waals surface area contributed by atoms with Crippen molar-refractivity contribution in [3.05, 3.63) is 76.2 Å². The zero-order valence-electron chi connectivity index (χ0n) is 21.9. The van der Waals surface area contributed by atoms with Crippen LogP contribution in [0, 0.1) is 0 Å². The minimum absolute atomic E-state index is 0.0280. The first-order chi connectivity index (χ1) is 18.4. The molecule has 0 radical (unpaired) electrons. The lowest BCUT2D eigenvalue weighted by Crippen LogP contribution is -2.29. The number of thiophene rings is 1. The first-order valence-electron chi connectivity index (χ1n) is 12.7. The van der Waals surface area contributed by atoms with E-state index in [2.05, 4.69) is 27.7 Å². The van der Waals surface area contributed by atoms with E-state index in [0.29, 0.717) is 22.7 Å². The summed E-state index contributed by atoms with van der Waals surface area (Å²) in [7, 11) is 1.37. The molecule has 2 heterocycles. The summed E-state index contributed by atoms with van der Waals surface area (Å²) in [5.74, 6) is -0.648. The molecule has 0 fully saturated rings. The second-order valence-corrected chi connectivity index (χ2v) is 11.7. The Hall–Kier alpha value is -3.14. The van der Waals surface area contributed by atoms with Crippen LogP contribution in [-0.2, 0) is 33.8 Å². The van der Waals surface area contributed by atoms with Crippen LogP contribution in [-0.4, -0.2) is 41.6 Å². The van der Waals surface area contributed by atoms with E-state index < -0.39 is 11.2 Å². The van der Waals surface area contributed by atoms with Gasteiger partial charge in [0.15, 0.2) is 0 Å². The summed E-state index contributed by atoms with van der Waals surface area (Å²) in [6.07, 6.45) is 1.97. The van der Waals surface area contributed by atoms with Gasteiger partial charge in [-0.3, -0.25) is 14.5 Å². The maximum atomic E-state index is 13.2. The number of esters is 1. The van der Waals surface area contributed by atoms with Crippen LogP contribution in [0.4, 0.5) is 10.7 Å². The number of anilines is 2. The SMILES string of the molecule is CCCC(=O)Nc1cccc(SC(C)C(=O)Nc2sc3c(c2C(=O)OC)CCN(Cc2ccccc2)C3)c1. The Kier molecular flexibility index (Phi) is 9.60. The molecule has 1 aliphatic heterocycles. The Morgan fingerprint density at radius 3 is 2.63 bits per heavy atom. The molecule has 7 nitrogen and oxygen atoms in total. The summed E-state index contributed by atoms with van der Waals surface area (Å²) in [6.45, 7) is 6.17. The van der Waals surface area contributed by atoms with E-state index in [4.69, 9.17) is 4.74 Å². The molecule has 0 spiro atoms. The van der Waals surface area contributed by atoms with Crippen molar-refractivity contribution in [3.8, 4) is 0 Å². The fourth-order valence-corrected chi connectivity index (χ4v) is 6.62. The van der Waals surface area contributed by atoms with Crippen LogP contribution in [0.2, 0.25) is 0 Å². The molecule has 1 aliphatic rings. The van der Waals surface area contributed by atoms with Crippen LogP contribution >= 0.6 is 23.1 Å². The third-order valence-corrected chi connectivity index (χ3v) is 8.51. The summed E-state index contributed by atoms with van der Waals surface area (Å²) in [5.41, 5.74) is 3.39. The highest BCUT2D eigenvalue weighted by Gasteiger charge is 2.30. The van der Waals surface area contributed by atoms with Crippen LogP contribution in [0.5, 0.6) is 0 Å². The van der Waals surface area contributed by atoms with Gasteiger partial charge in [-0.05, 0) is 49.1 Å². The van der Waals surface area contributed by atoms with Crippen molar-refractivity contribution in [2.75, 3.05) is 24.3 Å². The van der Waals surface area contributed by atoms with Crippen molar-refractivity contribution in [1.29, 1.82) is 0 Å². The Bertz CT molecular complexity index is 1290. The van der Waals surface area contributed by atoms with Gasteiger partial charge in [-0.2, -0.15) is 0 Å². The topological polar surface area (TPSA) is 87.7 Å². The fraction of sp³-hybridized carbons (Fsp3) is 0.345. The van der Waals surface area contributed by atoms with Gasteiger partial charge in [-0.15, -0.1) is 23.1 Å². The number of benzene rings is 2. The molecule has 1 atom stereocenters. The first-order valence-corrected chi connectivity index (χ1v) is 14.4. The summed E-state index contributed by atoms with van der Waals surface area (Å²) < 4.78 is 5.09. The molecule has 2 aromatic carbocycles. The number of hydrogen-bond donors (Lipinski definition) is 2. The molecule has 200 valence electrons. The summed E-state index contributed by atoms with van der Waals surface area (Å²) >= 11 is 2.85. The molecule has 0 aliphatic carbocycles. The van der Waals surface area contributed by atoms with Crippen LogP contribution < -0.4 is 10.6 Å². The number of nitrogens with zero attached hydrogens (tertiary/aromatic N) is 1. The van der Waals surface area contributed by atoms with Gasteiger partial charge in [-0.1, -0.05) is 43.3 Å². The lowest BCUT2D eigenvalue weighted by molar-refractivity contribution is -0.116. The van der Waals surface area contributed by atoms with Gasteiger partial charge in [0.1, 0.15) is 5.00 Å². The number of carbonyl (C=O) groups is 3. The predicted octanol–water partition coefficient (Wildman–Crippen LogP) is 5.95. The standard InChI is InChI=1S/C29H33N3O4S2/c1-4-9-25(33)30-21-12-8-13-22(16-21)37-19(2)27(34)31-28-26(29(35)36-3)23-14-15-32(18-24(23)38-28)17-20-10-6-5-7-11-20/h5-8,10-13,16,19H,4,9,14-15,17-18H2,1-3H3,(H,30,33)(H,31,34). The van der Waals surface area contributed by atoms with Crippen molar-refractivity contribution >= 4 is 51.6 Å². The molecule has 2 N–H and O–H groups in total. The normalized spacial score (nSPS) is 13.9. The number of ether oxygens (including phenoxy) is 1. The van der Waals surface area contributed by atoms with Crippen molar-refractivity contribution in [1.82, 2.24) is 4.90 Å². The van der Waals surface area contributed by atoms with Gasteiger partial charge in [-0.25, -0.2) is 4.79 Å². The number of hydrogen-bond acceptors (Lipinski definition) is 7. The lowest BCUT2D eigenvalue weighted by Gasteiger charge is -2.27. The monoisotopic (exact) mass is 551 g/mol. The summed E-state index contributed by atoms with van der Waals surface area (Å²) in [5, 5.41) is 6.02.